The predicted molar refractivity (Wildman–Crippen MR) is 76.5 cm³/mol. The van der Waals surface area contributed by atoms with Gasteiger partial charge in [-0.1, -0.05) is 30.3 Å². The van der Waals surface area contributed by atoms with Gasteiger partial charge < -0.3 is 10.6 Å². The molecule has 2 unspecified atom stereocenters. The Morgan fingerprint density at radius 3 is 2.67 bits per heavy atom. The van der Waals surface area contributed by atoms with Gasteiger partial charge in [0.25, 0.3) is 0 Å². The summed E-state index contributed by atoms with van der Waals surface area (Å²) >= 11 is 0. The molecule has 1 saturated heterocycles. The van der Waals surface area contributed by atoms with E-state index < -0.39 is 0 Å². The molecule has 1 aliphatic rings. The average Bonchev–Trinajstić information content (AvgIpc) is 2.60. The monoisotopic (exact) mass is 247 g/mol. The molecule has 100 valence electrons. The molecule has 18 heavy (non-hydrogen) atoms. The van der Waals surface area contributed by atoms with Crippen LogP contribution in [-0.2, 0) is 0 Å². The molecule has 0 bridgehead atoms. The molecular formula is C15H25N3. The smallest absolute Gasteiger partial charge is 0.0351 e. The van der Waals surface area contributed by atoms with Crippen molar-refractivity contribution in [1.29, 1.82) is 0 Å². The minimum absolute atomic E-state index is 0.450. The number of hydrogen-bond acceptors (Lipinski definition) is 3. The second kappa shape index (κ2) is 6.32. The second-order valence-electron chi connectivity index (χ2n) is 5.33. The quantitative estimate of drug-likeness (QED) is 0.882. The molecule has 3 nitrogen and oxygen atoms in total. The lowest BCUT2D eigenvalue weighted by molar-refractivity contribution is 0.145. The van der Waals surface area contributed by atoms with Crippen LogP contribution in [0.5, 0.6) is 0 Å². The lowest BCUT2D eigenvalue weighted by Gasteiger charge is -2.35. The Labute approximate surface area is 111 Å². The molecule has 0 amide bonds. The summed E-state index contributed by atoms with van der Waals surface area (Å²) in [6.45, 7) is 6.43. The van der Waals surface area contributed by atoms with Crippen molar-refractivity contribution >= 4 is 0 Å². The lowest BCUT2D eigenvalue weighted by atomic mass is 10.0. The first-order valence-corrected chi connectivity index (χ1v) is 6.91. The van der Waals surface area contributed by atoms with Gasteiger partial charge in [0, 0.05) is 31.7 Å². The highest BCUT2D eigenvalue weighted by atomic mass is 15.3. The molecule has 3 heteroatoms. The van der Waals surface area contributed by atoms with E-state index in [1.165, 1.54) is 18.5 Å². The normalized spacial score (nSPS) is 24.7. The van der Waals surface area contributed by atoms with Crippen molar-refractivity contribution in [3.8, 4) is 0 Å². The van der Waals surface area contributed by atoms with E-state index in [1.54, 1.807) is 0 Å². The third-order valence-electron chi connectivity index (χ3n) is 4.00. The third-order valence-corrected chi connectivity index (χ3v) is 4.00. The fourth-order valence-electron chi connectivity index (χ4n) is 2.90. The van der Waals surface area contributed by atoms with Crippen molar-refractivity contribution in [2.24, 2.45) is 5.73 Å². The number of likely N-dealkylation sites (N-methyl/N-ethyl adjacent to an activating group) is 1. The van der Waals surface area contributed by atoms with Crippen LogP contribution < -0.4 is 5.73 Å². The molecule has 1 aromatic carbocycles. The van der Waals surface area contributed by atoms with Crippen LogP contribution >= 0.6 is 0 Å². The molecule has 0 aromatic heterocycles. The Morgan fingerprint density at radius 2 is 2.00 bits per heavy atom. The number of rotatable bonds is 3. The number of hydrogen-bond donors (Lipinski definition) is 1. The average molecular weight is 247 g/mol. The number of nitrogens with two attached hydrogens (primary N) is 1. The molecule has 0 saturated carbocycles. The standard InChI is InChI=1S/C15H25N3/c1-13(14-7-4-3-5-8-14)18-10-6-9-17(2)12-15(18)11-16/h3-5,7-8,13,15H,6,9-12,16H2,1-2H3. The summed E-state index contributed by atoms with van der Waals surface area (Å²) in [5.74, 6) is 0. The van der Waals surface area contributed by atoms with Crippen LogP contribution in [0.3, 0.4) is 0 Å². The topological polar surface area (TPSA) is 32.5 Å². The molecule has 2 atom stereocenters. The Hall–Kier alpha value is -0.900. The number of benzene rings is 1. The van der Waals surface area contributed by atoms with E-state index in [0.717, 1.165) is 19.6 Å². The molecule has 1 fully saturated rings. The van der Waals surface area contributed by atoms with E-state index in [-0.39, 0.29) is 0 Å². The van der Waals surface area contributed by atoms with E-state index in [9.17, 15) is 0 Å². The molecule has 1 aliphatic heterocycles. The first-order chi connectivity index (χ1) is 8.72. The van der Waals surface area contributed by atoms with Crippen molar-refractivity contribution < 1.29 is 0 Å². The maximum absolute atomic E-state index is 5.97. The van der Waals surface area contributed by atoms with Crippen LogP contribution in [0, 0.1) is 0 Å². The highest BCUT2D eigenvalue weighted by molar-refractivity contribution is 5.18. The summed E-state index contributed by atoms with van der Waals surface area (Å²) in [5, 5.41) is 0. The van der Waals surface area contributed by atoms with Crippen LogP contribution in [0.4, 0.5) is 0 Å². The van der Waals surface area contributed by atoms with Gasteiger partial charge in [0.15, 0.2) is 0 Å². The van der Waals surface area contributed by atoms with Crippen LogP contribution in [0.15, 0.2) is 30.3 Å². The van der Waals surface area contributed by atoms with E-state index in [2.05, 4.69) is 54.1 Å². The fourth-order valence-corrected chi connectivity index (χ4v) is 2.90. The van der Waals surface area contributed by atoms with Crippen molar-refractivity contribution in [3.05, 3.63) is 35.9 Å². The summed E-state index contributed by atoms with van der Waals surface area (Å²) in [5.41, 5.74) is 7.36. The van der Waals surface area contributed by atoms with Crippen LogP contribution in [0.25, 0.3) is 0 Å². The molecule has 1 heterocycles. The predicted octanol–water partition coefficient (Wildman–Crippen LogP) is 1.71. The maximum atomic E-state index is 5.97. The minimum Gasteiger partial charge on any atom is -0.329 e. The van der Waals surface area contributed by atoms with E-state index in [4.69, 9.17) is 5.73 Å². The summed E-state index contributed by atoms with van der Waals surface area (Å²) < 4.78 is 0. The Balaban J connectivity index is 2.14. The lowest BCUT2D eigenvalue weighted by Crippen LogP contribution is -2.46. The highest BCUT2D eigenvalue weighted by Gasteiger charge is 2.26. The van der Waals surface area contributed by atoms with Gasteiger partial charge in [-0.05, 0) is 32.5 Å². The van der Waals surface area contributed by atoms with Gasteiger partial charge in [0.1, 0.15) is 0 Å². The number of nitrogens with zero attached hydrogens (tertiary/aromatic N) is 2. The zero-order chi connectivity index (χ0) is 13.0. The third kappa shape index (κ3) is 3.10. The van der Waals surface area contributed by atoms with Gasteiger partial charge in [0.05, 0.1) is 0 Å². The van der Waals surface area contributed by atoms with E-state index >= 15 is 0 Å². The molecule has 1 aromatic rings. The summed E-state index contributed by atoms with van der Waals surface area (Å²) in [6, 6.07) is 11.7. The molecule has 0 spiro atoms. The Kier molecular flexibility index (Phi) is 4.75. The maximum Gasteiger partial charge on any atom is 0.0351 e. The largest absolute Gasteiger partial charge is 0.329 e. The Morgan fingerprint density at radius 1 is 1.28 bits per heavy atom. The zero-order valence-electron chi connectivity index (χ0n) is 11.5. The van der Waals surface area contributed by atoms with Gasteiger partial charge in [-0.15, -0.1) is 0 Å². The summed E-state index contributed by atoms with van der Waals surface area (Å²) in [7, 11) is 2.19. The van der Waals surface area contributed by atoms with Crippen molar-refractivity contribution in [2.45, 2.75) is 25.4 Å². The zero-order valence-corrected chi connectivity index (χ0v) is 11.5. The van der Waals surface area contributed by atoms with Gasteiger partial charge in [-0.2, -0.15) is 0 Å². The SMILES string of the molecule is CC(c1ccccc1)N1CCCN(C)CC1CN. The van der Waals surface area contributed by atoms with Gasteiger partial charge in [-0.25, -0.2) is 0 Å². The minimum atomic E-state index is 0.450. The second-order valence-corrected chi connectivity index (χ2v) is 5.33. The van der Waals surface area contributed by atoms with Gasteiger partial charge in [0.2, 0.25) is 0 Å². The molecule has 2 rings (SSSR count). The molecule has 0 aliphatic carbocycles. The van der Waals surface area contributed by atoms with Crippen LogP contribution in [0.1, 0.15) is 24.9 Å². The Bertz CT molecular complexity index is 352. The van der Waals surface area contributed by atoms with E-state index in [0.29, 0.717) is 12.1 Å². The molecular weight excluding hydrogens is 222 g/mol. The van der Waals surface area contributed by atoms with Crippen molar-refractivity contribution in [1.82, 2.24) is 9.80 Å². The van der Waals surface area contributed by atoms with Gasteiger partial charge in [-0.3, -0.25) is 4.90 Å². The van der Waals surface area contributed by atoms with Crippen molar-refractivity contribution in [3.63, 3.8) is 0 Å². The summed E-state index contributed by atoms with van der Waals surface area (Å²) in [6.07, 6.45) is 1.23. The molecule has 2 N–H and O–H groups in total. The first kappa shape index (κ1) is 13.5. The van der Waals surface area contributed by atoms with E-state index in [1.807, 2.05) is 0 Å². The molecule has 0 radical (unpaired) electrons. The first-order valence-electron chi connectivity index (χ1n) is 6.91. The van der Waals surface area contributed by atoms with Crippen LogP contribution in [-0.4, -0.2) is 49.1 Å². The fraction of sp³-hybridized carbons (Fsp3) is 0.600. The highest BCUT2D eigenvalue weighted by Crippen LogP contribution is 2.24. The van der Waals surface area contributed by atoms with Crippen LogP contribution in [0.2, 0.25) is 0 Å². The van der Waals surface area contributed by atoms with Crippen molar-refractivity contribution in [2.75, 3.05) is 33.2 Å². The van der Waals surface area contributed by atoms with Gasteiger partial charge >= 0.3 is 0 Å². The summed E-state index contributed by atoms with van der Waals surface area (Å²) in [4.78, 5) is 4.97.